The first-order chi connectivity index (χ1) is 12.7. The number of piperidine rings is 1. The zero-order valence-electron chi connectivity index (χ0n) is 14.0. The zero-order valence-corrected chi connectivity index (χ0v) is 14.8. The van der Waals surface area contributed by atoms with Gasteiger partial charge in [-0.1, -0.05) is 35.9 Å². The molecule has 0 aliphatic carbocycles. The monoisotopic (exact) mass is 368 g/mol. The molecule has 4 rings (SSSR count). The number of nitrogens with zero attached hydrogens (tertiary/aromatic N) is 4. The molecule has 1 atom stereocenters. The van der Waals surface area contributed by atoms with Crippen LogP contribution in [-0.4, -0.2) is 45.0 Å². The van der Waals surface area contributed by atoms with E-state index in [1.807, 2.05) is 30.3 Å². The molecule has 0 spiro atoms. The maximum absolute atomic E-state index is 13.0. The zero-order chi connectivity index (χ0) is 17.9. The van der Waals surface area contributed by atoms with Gasteiger partial charge in [-0.25, -0.2) is 9.97 Å². The lowest BCUT2D eigenvalue weighted by Gasteiger charge is -2.32. The van der Waals surface area contributed by atoms with E-state index in [0.29, 0.717) is 23.8 Å². The molecule has 3 aromatic rings. The van der Waals surface area contributed by atoms with Crippen molar-refractivity contribution in [1.82, 2.24) is 19.9 Å². The molecule has 26 heavy (non-hydrogen) atoms. The van der Waals surface area contributed by atoms with Gasteiger partial charge in [-0.05, 0) is 24.3 Å². The Bertz CT molecular complexity index is 927. The van der Waals surface area contributed by atoms with Crippen LogP contribution in [0.15, 0.2) is 48.9 Å². The van der Waals surface area contributed by atoms with Crippen LogP contribution in [-0.2, 0) is 0 Å². The van der Waals surface area contributed by atoms with Crippen LogP contribution in [0.25, 0.3) is 10.8 Å². The highest BCUT2D eigenvalue weighted by molar-refractivity contribution is 6.30. The molecule has 0 saturated carbocycles. The van der Waals surface area contributed by atoms with E-state index in [-0.39, 0.29) is 18.0 Å². The second kappa shape index (κ2) is 7.25. The molecular formula is C19H17ClN4O2. The van der Waals surface area contributed by atoms with Crippen LogP contribution in [0.4, 0.5) is 0 Å². The SMILES string of the molecule is O=C(c1nccc2ccccc12)N1CCC[C@H](Oc2ncc(Cl)cn2)C1. The number of aromatic nitrogens is 3. The van der Waals surface area contributed by atoms with E-state index >= 15 is 0 Å². The Morgan fingerprint density at radius 3 is 2.81 bits per heavy atom. The van der Waals surface area contributed by atoms with Gasteiger partial charge in [0, 0.05) is 18.1 Å². The van der Waals surface area contributed by atoms with Gasteiger partial charge < -0.3 is 9.64 Å². The first-order valence-electron chi connectivity index (χ1n) is 8.48. The van der Waals surface area contributed by atoms with Gasteiger partial charge in [-0.15, -0.1) is 0 Å². The number of ether oxygens (including phenoxy) is 1. The molecule has 3 heterocycles. The summed E-state index contributed by atoms with van der Waals surface area (Å²) in [6, 6.07) is 9.96. The minimum atomic E-state index is -0.149. The highest BCUT2D eigenvalue weighted by atomic mass is 35.5. The van der Waals surface area contributed by atoms with Crippen molar-refractivity contribution in [3.63, 3.8) is 0 Å². The Labute approximate surface area is 155 Å². The Kier molecular flexibility index (Phi) is 4.67. The molecule has 7 heteroatoms. The number of halogens is 1. The fraction of sp³-hybridized carbons (Fsp3) is 0.263. The molecule has 2 aromatic heterocycles. The van der Waals surface area contributed by atoms with E-state index < -0.39 is 0 Å². The fourth-order valence-electron chi connectivity index (χ4n) is 3.17. The van der Waals surface area contributed by atoms with Crippen molar-refractivity contribution in [3.05, 3.63) is 59.6 Å². The lowest BCUT2D eigenvalue weighted by atomic mass is 10.1. The second-order valence-electron chi connectivity index (χ2n) is 6.20. The van der Waals surface area contributed by atoms with Crippen molar-refractivity contribution in [2.75, 3.05) is 13.1 Å². The maximum Gasteiger partial charge on any atom is 0.316 e. The molecule has 1 aliphatic heterocycles. The van der Waals surface area contributed by atoms with Crippen LogP contribution in [0.2, 0.25) is 5.02 Å². The Hall–Kier alpha value is -2.73. The predicted molar refractivity (Wildman–Crippen MR) is 98.3 cm³/mol. The molecule has 1 amide bonds. The molecule has 0 radical (unpaired) electrons. The summed E-state index contributed by atoms with van der Waals surface area (Å²) < 4.78 is 5.82. The van der Waals surface area contributed by atoms with Crippen molar-refractivity contribution >= 4 is 28.3 Å². The fourth-order valence-corrected chi connectivity index (χ4v) is 3.27. The van der Waals surface area contributed by atoms with E-state index in [1.54, 1.807) is 11.1 Å². The van der Waals surface area contributed by atoms with Gasteiger partial charge in [0.15, 0.2) is 0 Å². The third-order valence-electron chi connectivity index (χ3n) is 4.41. The molecule has 1 aliphatic rings. The topological polar surface area (TPSA) is 68.2 Å². The van der Waals surface area contributed by atoms with Crippen molar-refractivity contribution in [1.29, 1.82) is 0 Å². The summed E-state index contributed by atoms with van der Waals surface area (Å²) in [5.74, 6) is -0.0767. The molecular weight excluding hydrogens is 352 g/mol. The Morgan fingerprint density at radius 1 is 1.15 bits per heavy atom. The first-order valence-corrected chi connectivity index (χ1v) is 8.86. The van der Waals surface area contributed by atoms with Crippen molar-refractivity contribution in [2.45, 2.75) is 18.9 Å². The third-order valence-corrected chi connectivity index (χ3v) is 4.61. The molecule has 0 unspecified atom stereocenters. The maximum atomic E-state index is 13.0. The molecule has 132 valence electrons. The number of amides is 1. The van der Waals surface area contributed by atoms with Gasteiger partial charge in [0.05, 0.1) is 24.0 Å². The molecule has 1 fully saturated rings. The minimum Gasteiger partial charge on any atom is -0.458 e. The lowest BCUT2D eigenvalue weighted by molar-refractivity contribution is 0.0512. The summed E-state index contributed by atoms with van der Waals surface area (Å²) in [4.78, 5) is 27.3. The summed E-state index contributed by atoms with van der Waals surface area (Å²) in [6.07, 6.45) is 6.22. The number of carbonyl (C=O) groups is 1. The molecule has 6 nitrogen and oxygen atoms in total. The average molecular weight is 369 g/mol. The van der Waals surface area contributed by atoms with Gasteiger partial charge in [-0.3, -0.25) is 9.78 Å². The number of hydrogen-bond acceptors (Lipinski definition) is 5. The van der Waals surface area contributed by atoms with Crippen molar-refractivity contribution in [3.8, 4) is 6.01 Å². The average Bonchev–Trinajstić information content (AvgIpc) is 2.69. The van der Waals surface area contributed by atoms with Gasteiger partial charge in [0.1, 0.15) is 11.8 Å². The number of carbonyl (C=O) groups excluding carboxylic acids is 1. The number of hydrogen-bond donors (Lipinski definition) is 0. The lowest BCUT2D eigenvalue weighted by Crippen LogP contribution is -2.44. The number of likely N-dealkylation sites (tertiary alicyclic amines) is 1. The summed E-state index contributed by atoms with van der Waals surface area (Å²) in [7, 11) is 0. The Morgan fingerprint density at radius 2 is 1.96 bits per heavy atom. The van der Waals surface area contributed by atoms with Crippen molar-refractivity contribution < 1.29 is 9.53 Å². The van der Waals surface area contributed by atoms with Gasteiger partial charge in [0.2, 0.25) is 0 Å². The first kappa shape index (κ1) is 16.7. The molecule has 0 bridgehead atoms. The standard InChI is InChI=1S/C19H17ClN4O2/c20-14-10-22-19(23-11-14)26-15-5-3-9-24(12-15)18(25)17-16-6-2-1-4-13(16)7-8-21-17/h1-2,4,6-8,10-11,15H,3,5,9,12H2/t15-/m0/s1. The van der Waals surface area contributed by atoms with E-state index in [9.17, 15) is 4.79 Å². The van der Waals surface area contributed by atoms with Crippen LogP contribution in [0.5, 0.6) is 6.01 Å². The van der Waals surface area contributed by atoms with Crippen LogP contribution in [0.3, 0.4) is 0 Å². The number of fused-ring (bicyclic) bond motifs is 1. The predicted octanol–water partition coefficient (Wildman–Crippen LogP) is 3.36. The summed E-state index contributed by atoms with van der Waals surface area (Å²) >= 11 is 5.79. The van der Waals surface area contributed by atoms with Gasteiger partial charge in [-0.2, -0.15) is 0 Å². The molecule has 1 aromatic carbocycles. The highest BCUT2D eigenvalue weighted by Gasteiger charge is 2.27. The highest BCUT2D eigenvalue weighted by Crippen LogP contribution is 2.21. The number of pyridine rings is 1. The minimum absolute atomic E-state index is 0.0767. The summed E-state index contributed by atoms with van der Waals surface area (Å²) in [5.41, 5.74) is 0.478. The van der Waals surface area contributed by atoms with E-state index in [4.69, 9.17) is 16.3 Å². The number of benzene rings is 1. The third kappa shape index (κ3) is 3.46. The smallest absolute Gasteiger partial charge is 0.316 e. The normalized spacial score (nSPS) is 17.3. The van der Waals surface area contributed by atoms with E-state index in [1.165, 1.54) is 12.4 Å². The van der Waals surface area contributed by atoms with Crippen molar-refractivity contribution in [2.24, 2.45) is 0 Å². The molecule has 1 saturated heterocycles. The van der Waals surface area contributed by atoms with Crippen LogP contribution in [0.1, 0.15) is 23.3 Å². The van der Waals surface area contributed by atoms with Gasteiger partial charge >= 0.3 is 6.01 Å². The van der Waals surface area contributed by atoms with E-state index in [2.05, 4.69) is 15.0 Å². The van der Waals surface area contributed by atoms with E-state index in [0.717, 1.165) is 23.6 Å². The summed E-state index contributed by atoms with van der Waals surface area (Å²) in [5, 5.41) is 2.33. The summed E-state index contributed by atoms with van der Waals surface area (Å²) in [6.45, 7) is 1.17. The molecule has 0 N–H and O–H groups in total. The number of rotatable bonds is 3. The largest absolute Gasteiger partial charge is 0.458 e. The second-order valence-corrected chi connectivity index (χ2v) is 6.63. The quantitative estimate of drug-likeness (QED) is 0.709. The van der Waals surface area contributed by atoms with Gasteiger partial charge in [0.25, 0.3) is 5.91 Å². The Balaban J connectivity index is 1.51. The van der Waals surface area contributed by atoms with Crippen LogP contribution < -0.4 is 4.74 Å². The van der Waals surface area contributed by atoms with Crippen LogP contribution in [0, 0.1) is 0 Å². The van der Waals surface area contributed by atoms with Crippen LogP contribution >= 0.6 is 11.6 Å².